The third kappa shape index (κ3) is 4.95. The summed E-state index contributed by atoms with van der Waals surface area (Å²) in [5.74, 6) is -0.476. The molecule has 1 aliphatic rings. The van der Waals surface area contributed by atoms with Crippen LogP contribution < -0.4 is 0 Å². The Labute approximate surface area is 184 Å². The summed E-state index contributed by atoms with van der Waals surface area (Å²) in [4.78, 5) is 13.4. The summed E-state index contributed by atoms with van der Waals surface area (Å²) in [5, 5.41) is 11.5. The van der Waals surface area contributed by atoms with Gasteiger partial charge in [0, 0.05) is 5.92 Å². The van der Waals surface area contributed by atoms with E-state index in [2.05, 4.69) is 12.1 Å². The zero-order chi connectivity index (χ0) is 21.5. The Hall–Kier alpha value is -3.17. The second kappa shape index (κ2) is 9.76. The van der Waals surface area contributed by atoms with Gasteiger partial charge in [0.1, 0.15) is 6.10 Å². The van der Waals surface area contributed by atoms with E-state index in [1.807, 2.05) is 66.7 Å². The van der Waals surface area contributed by atoms with Crippen LogP contribution in [-0.2, 0) is 15.1 Å². The fraction of sp³-hybridized carbons (Fsp3) is 0.250. The molecule has 0 saturated heterocycles. The van der Waals surface area contributed by atoms with Gasteiger partial charge in [-0.1, -0.05) is 103 Å². The molecule has 0 unspecified atom stereocenters. The number of hydrogen-bond donors (Lipinski definition) is 1. The van der Waals surface area contributed by atoms with Gasteiger partial charge in [0.15, 0.2) is 0 Å². The standard InChI is InChI=1S/C28H28O3/c29-27(31-26-19-11-10-18-25(26)23-14-6-2-7-15-23)28(30,24-16-8-3-9-17-24)21-20-22-12-4-1-5-13-22/h1-9,12-17,20-21,25-26,30H,10-11,18-19H2/t25-,26+,28+/m0/s1. The van der Waals surface area contributed by atoms with E-state index in [1.165, 1.54) is 5.56 Å². The van der Waals surface area contributed by atoms with Crippen molar-refractivity contribution in [1.82, 2.24) is 0 Å². The van der Waals surface area contributed by atoms with Gasteiger partial charge < -0.3 is 9.84 Å². The van der Waals surface area contributed by atoms with Crippen LogP contribution in [0.3, 0.4) is 0 Å². The molecule has 3 aromatic carbocycles. The summed E-state index contributed by atoms with van der Waals surface area (Å²) < 4.78 is 6.03. The quantitative estimate of drug-likeness (QED) is 0.516. The zero-order valence-corrected chi connectivity index (χ0v) is 17.6. The van der Waals surface area contributed by atoms with Crippen LogP contribution in [0.15, 0.2) is 97.1 Å². The number of hydrogen-bond acceptors (Lipinski definition) is 3. The summed E-state index contributed by atoms with van der Waals surface area (Å²) in [6.07, 6.45) is 6.98. The fourth-order valence-electron chi connectivity index (χ4n) is 4.30. The van der Waals surface area contributed by atoms with Crippen LogP contribution in [0.4, 0.5) is 0 Å². The molecule has 0 heterocycles. The maximum Gasteiger partial charge on any atom is 0.347 e. The van der Waals surface area contributed by atoms with E-state index in [4.69, 9.17) is 4.74 Å². The number of rotatable bonds is 6. The summed E-state index contributed by atoms with van der Waals surface area (Å²) in [6.45, 7) is 0. The number of esters is 1. The van der Waals surface area contributed by atoms with E-state index in [0.717, 1.165) is 31.2 Å². The minimum atomic E-state index is -1.85. The van der Waals surface area contributed by atoms with E-state index >= 15 is 0 Å². The predicted octanol–water partition coefficient (Wildman–Crippen LogP) is 5.86. The number of carbonyl (C=O) groups excluding carboxylic acids is 1. The molecule has 0 aliphatic heterocycles. The minimum absolute atomic E-state index is 0.150. The molecule has 1 aliphatic carbocycles. The Kier molecular flexibility index (Phi) is 6.63. The molecule has 3 heteroatoms. The van der Waals surface area contributed by atoms with Gasteiger partial charge in [0.05, 0.1) is 0 Å². The van der Waals surface area contributed by atoms with Gasteiger partial charge in [-0.25, -0.2) is 4.79 Å². The SMILES string of the molecule is O=C(O[C@@H]1CCCC[C@H]1c1ccccc1)[C@@](O)(C=Cc1ccccc1)c1ccccc1. The summed E-state index contributed by atoms with van der Waals surface area (Å²) >= 11 is 0. The molecule has 0 aromatic heterocycles. The molecule has 0 radical (unpaired) electrons. The molecule has 3 aromatic rings. The number of benzene rings is 3. The van der Waals surface area contributed by atoms with Crippen molar-refractivity contribution in [2.24, 2.45) is 0 Å². The molecule has 0 amide bonds. The molecule has 158 valence electrons. The normalized spacial score (nSPS) is 20.8. The van der Waals surface area contributed by atoms with Crippen LogP contribution in [0.2, 0.25) is 0 Å². The largest absolute Gasteiger partial charge is 0.459 e. The molecule has 31 heavy (non-hydrogen) atoms. The van der Waals surface area contributed by atoms with Gasteiger partial charge in [-0.05, 0) is 42.0 Å². The first-order chi connectivity index (χ1) is 15.2. The number of aliphatic hydroxyl groups is 1. The highest BCUT2D eigenvalue weighted by Gasteiger charge is 2.40. The highest BCUT2D eigenvalue weighted by molar-refractivity contribution is 5.85. The van der Waals surface area contributed by atoms with E-state index < -0.39 is 11.6 Å². The van der Waals surface area contributed by atoms with Crippen molar-refractivity contribution in [1.29, 1.82) is 0 Å². The summed E-state index contributed by atoms with van der Waals surface area (Å²) in [6, 6.07) is 28.9. The first-order valence-corrected chi connectivity index (χ1v) is 10.9. The van der Waals surface area contributed by atoms with Crippen LogP contribution in [0.25, 0.3) is 6.08 Å². The van der Waals surface area contributed by atoms with Gasteiger partial charge in [-0.15, -0.1) is 0 Å². The first kappa shape index (κ1) is 21.1. The molecule has 3 atom stereocenters. The van der Waals surface area contributed by atoms with Crippen molar-refractivity contribution in [2.75, 3.05) is 0 Å². The molecule has 1 saturated carbocycles. The smallest absolute Gasteiger partial charge is 0.347 e. The van der Waals surface area contributed by atoms with Gasteiger partial charge in [0.25, 0.3) is 0 Å². The predicted molar refractivity (Wildman–Crippen MR) is 123 cm³/mol. The van der Waals surface area contributed by atoms with Gasteiger partial charge in [-0.3, -0.25) is 0 Å². The lowest BCUT2D eigenvalue weighted by Crippen LogP contribution is -2.40. The van der Waals surface area contributed by atoms with Crippen molar-refractivity contribution < 1.29 is 14.6 Å². The topological polar surface area (TPSA) is 46.5 Å². The van der Waals surface area contributed by atoms with E-state index in [0.29, 0.717) is 5.56 Å². The minimum Gasteiger partial charge on any atom is -0.459 e. The van der Waals surface area contributed by atoms with Crippen LogP contribution in [-0.4, -0.2) is 17.2 Å². The van der Waals surface area contributed by atoms with Crippen molar-refractivity contribution in [3.8, 4) is 0 Å². The molecule has 3 nitrogen and oxygen atoms in total. The lowest BCUT2D eigenvalue weighted by molar-refractivity contribution is -0.169. The van der Waals surface area contributed by atoms with Crippen molar-refractivity contribution in [3.63, 3.8) is 0 Å². The first-order valence-electron chi connectivity index (χ1n) is 10.9. The lowest BCUT2D eigenvalue weighted by atomic mass is 9.81. The van der Waals surface area contributed by atoms with Crippen LogP contribution >= 0.6 is 0 Å². The van der Waals surface area contributed by atoms with E-state index in [9.17, 15) is 9.90 Å². The highest BCUT2D eigenvalue weighted by Crippen LogP contribution is 2.37. The fourth-order valence-corrected chi connectivity index (χ4v) is 4.30. The Morgan fingerprint density at radius 1 is 0.839 bits per heavy atom. The summed E-state index contributed by atoms with van der Waals surface area (Å²) in [7, 11) is 0. The molecule has 0 spiro atoms. The van der Waals surface area contributed by atoms with E-state index in [-0.39, 0.29) is 12.0 Å². The molecule has 0 bridgehead atoms. The Bertz CT molecular complexity index is 998. The monoisotopic (exact) mass is 412 g/mol. The molecule has 1 fully saturated rings. The lowest BCUT2D eigenvalue weighted by Gasteiger charge is -2.34. The van der Waals surface area contributed by atoms with Gasteiger partial charge >= 0.3 is 5.97 Å². The van der Waals surface area contributed by atoms with Crippen LogP contribution in [0.1, 0.15) is 48.3 Å². The summed E-state index contributed by atoms with van der Waals surface area (Å²) in [5.41, 5.74) is 0.738. The zero-order valence-electron chi connectivity index (χ0n) is 17.6. The molecular formula is C28H28O3. The Morgan fingerprint density at radius 2 is 1.42 bits per heavy atom. The Balaban J connectivity index is 1.62. The van der Waals surface area contributed by atoms with Crippen molar-refractivity contribution in [3.05, 3.63) is 114 Å². The number of ether oxygens (including phenoxy) is 1. The van der Waals surface area contributed by atoms with Gasteiger partial charge in [-0.2, -0.15) is 0 Å². The average molecular weight is 413 g/mol. The van der Waals surface area contributed by atoms with Gasteiger partial charge in [0.2, 0.25) is 5.60 Å². The molecule has 1 N–H and O–H groups in total. The maximum atomic E-state index is 13.4. The second-order valence-electron chi connectivity index (χ2n) is 8.12. The molecular weight excluding hydrogens is 384 g/mol. The molecule has 4 rings (SSSR count). The average Bonchev–Trinajstić information content (AvgIpc) is 2.84. The second-order valence-corrected chi connectivity index (χ2v) is 8.12. The third-order valence-electron chi connectivity index (χ3n) is 6.03. The third-order valence-corrected chi connectivity index (χ3v) is 6.03. The Morgan fingerprint density at radius 3 is 2.10 bits per heavy atom. The number of carbonyl (C=O) groups is 1. The van der Waals surface area contributed by atoms with Crippen molar-refractivity contribution in [2.45, 2.75) is 43.3 Å². The highest BCUT2D eigenvalue weighted by atomic mass is 16.6. The maximum absolute atomic E-state index is 13.4. The van der Waals surface area contributed by atoms with Crippen molar-refractivity contribution >= 4 is 12.0 Å². The van der Waals surface area contributed by atoms with Crippen LogP contribution in [0.5, 0.6) is 0 Å². The van der Waals surface area contributed by atoms with Crippen LogP contribution in [0, 0.1) is 0 Å². The van der Waals surface area contributed by atoms with E-state index in [1.54, 1.807) is 24.3 Å².